The molecule has 0 spiro atoms. The van der Waals surface area contributed by atoms with E-state index in [0.717, 1.165) is 34.7 Å². The summed E-state index contributed by atoms with van der Waals surface area (Å²) < 4.78 is 10.6. The van der Waals surface area contributed by atoms with Crippen molar-refractivity contribution in [3.63, 3.8) is 0 Å². The van der Waals surface area contributed by atoms with Crippen molar-refractivity contribution in [3.8, 4) is 11.5 Å². The van der Waals surface area contributed by atoms with Gasteiger partial charge in [0.1, 0.15) is 0 Å². The Balaban J connectivity index is 1.51. The third-order valence-corrected chi connectivity index (χ3v) is 4.45. The van der Waals surface area contributed by atoms with Crippen molar-refractivity contribution in [3.05, 3.63) is 47.5 Å². The van der Waals surface area contributed by atoms with E-state index in [1.807, 2.05) is 50.2 Å². The summed E-state index contributed by atoms with van der Waals surface area (Å²) in [6.07, 6.45) is 1.28. The van der Waals surface area contributed by atoms with E-state index in [4.69, 9.17) is 9.47 Å². The lowest BCUT2D eigenvalue weighted by Crippen LogP contribution is -2.29. The molecule has 2 aromatic rings. The molecule has 2 aromatic carbocycles. The highest BCUT2D eigenvalue weighted by molar-refractivity contribution is 5.92. The van der Waals surface area contributed by atoms with Gasteiger partial charge < -0.3 is 25.4 Å². The largest absolute Gasteiger partial charge is 0.454 e. The van der Waals surface area contributed by atoms with Crippen molar-refractivity contribution in [1.82, 2.24) is 5.32 Å². The molecule has 0 fully saturated rings. The fourth-order valence-corrected chi connectivity index (χ4v) is 2.89. The quantitative estimate of drug-likeness (QED) is 0.652. The first-order chi connectivity index (χ1) is 13.6. The number of rotatable bonds is 8. The predicted molar refractivity (Wildman–Crippen MR) is 108 cm³/mol. The molecular weight excluding hydrogens is 358 g/mol. The molecule has 1 aliphatic rings. The molecule has 7 heteroatoms. The number of nitrogens with one attached hydrogen (secondary N) is 3. The average molecular weight is 383 g/mol. The number of hydrogen-bond donors (Lipinski definition) is 3. The molecule has 3 N–H and O–H groups in total. The fourth-order valence-electron chi connectivity index (χ4n) is 2.89. The molecule has 1 heterocycles. The summed E-state index contributed by atoms with van der Waals surface area (Å²) >= 11 is 0. The second kappa shape index (κ2) is 9.12. The Bertz CT molecular complexity index is 867. The van der Waals surface area contributed by atoms with Crippen LogP contribution in [0, 0.1) is 6.92 Å². The number of hydrogen-bond acceptors (Lipinski definition) is 5. The normalized spacial score (nSPS) is 11.8. The van der Waals surface area contributed by atoms with E-state index in [0.29, 0.717) is 18.7 Å². The van der Waals surface area contributed by atoms with E-state index in [1.165, 1.54) is 0 Å². The van der Waals surface area contributed by atoms with Crippen LogP contribution in [0.2, 0.25) is 0 Å². The first-order valence-corrected chi connectivity index (χ1v) is 9.35. The van der Waals surface area contributed by atoms with Gasteiger partial charge in [-0.25, -0.2) is 0 Å². The van der Waals surface area contributed by atoms with Gasteiger partial charge >= 0.3 is 0 Å². The molecular formula is C21H25N3O4. The van der Waals surface area contributed by atoms with Gasteiger partial charge in [0.2, 0.25) is 18.6 Å². The van der Waals surface area contributed by atoms with Gasteiger partial charge in [0, 0.05) is 24.3 Å². The summed E-state index contributed by atoms with van der Waals surface area (Å²) in [5.74, 6) is 1.28. The van der Waals surface area contributed by atoms with E-state index < -0.39 is 0 Å². The number of amides is 2. The summed E-state index contributed by atoms with van der Waals surface area (Å²) in [6.45, 7) is 4.65. The summed E-state index contributed by atoms with van der Waals surface area (Å²) in [5, 5.41) is 8.91. The number of anilines is 2. The lowest BCUT2D eigenvalue weighted by Gasteiger charge is -2.14. The van der Waals surface area contributed by atoms with Crippen LogP contribution < -0.4 is 25.4 Å². The topological polar surface area (TPSA) is 88.7 Å². The van der Waals surface area contributed by atoms with Gasteiger partial charge in [-0.1, -0.05) is 19.1 Å². The molecule has 28 heavy (non-hydrogen) atoms. The highest BCUT2D eigenvalue weighted by Gasteiger charge is 2.13. The van der Waals surface area contributed by atoms with Gasteiger partial charge in [-0.05, 0) is 48.7 Å². The second-order valence-corrected chi connectivity index (χ2v) is 6.59. The third-order valence-electron chi connectivity index (χ3n) is 4.45. The molecule has 0 unspecified atom stereocenters. The summed E-state index contributed by atoms with van der Waals surface area (Å²) in [4.78, 5) is 24.0. The molecule has 0 bridgehead atoms. The maximum atomic E-state index is 12.2. The highest BCUT2D eigenvalue weighted by atomic mass is 16.7. The van der Waals surface area contributed by atoms with E-state index in [1.54, 1.807) is 0 Å². The second-order valence-electron chi connectivity index (χ2n) is 6.59. The van der Waals surface area contributed by atoms with E-state index in [-0.39, 0.29) is 25.2 Å². The van der Waals surface area contributed by atoms with Crippen molar-refractivity contribution < 1.29 is 19.1 Å². The van der Waals surface area contributed by atoms with Crippen LogP contribution in [0.15, 0.2) is 36.4 Å². The lowest BCUT2D eigenvalue weighted by molar-refractivity contribution is -0.119. The fraction of sp³-hybridized carbons (Fsp3) is 0.333. The maximum absolute atomic E-state index is 12.2. The molecule has 1 aliphatic heterocycles. The van der Waals surface area contributed by atoms with Gasteiger partial charge in [0.25, 0.3) is 0 Å². The first kappa shape index (κ1) is 19.5. The zero-order chi connectivity index (χ0) is 19.9. The monoisotopic (exact) mass is 383 g/mol. The van der Waals surface area contributed by atoms with Crippen molar-refractivity contribution in [2.75, 3.05) is 24.0 Å². The Morgan fingerprint density at radius 3 is 2.64 bits per heavy atom. The molecule has 3 rings (SSSR count). The highest BCUT2D eigenvalue weighted by Crippen LogP contribution is 2.32. The van der Waals surface area contributed by atoms with Gasteiger partial charge in [-0.2, -0.15) is 0 Å². The van der Waals surface area contributed by atoms with Crippen LogP contribution >= 0.6 is 0 Å². The van der Waals surface area contributed by atoms with Gasteiger partial charge in [0.15, 0.2) is 11.5 Å². The van der Waals surface area contributed by atoms with Gasteiger partial charge in [0.05, 0.1) is 6.54 Å². The molecule has 2 amide bonds. The SMILES string of the molecule is CCCC(=O)Nc1cccc(NCC(=O)NCc2ccc3c(c2)OCO3)c1C. The van der Waals surface area contributed by atoms with Crippen LogP contribution in [0.4, 0.5) is 11.4 Å². The molecule has 0 radical (unpaired) electrons. The number of fused-ring (bicyclic) bond motifs is 1. The number of carbonyl (C=O) groups excluding carboxylic acids is 2. The maximum Gasteiger partial charge on any atom is 0.239 e. The zero-order valence-electron chi connectivity index (χ0n) is 16.1. The molecule has 0 saturated heterocycles. The average Bonchev–Trinajstić information content (AvgIpc) is 3.15. The van der Waals surface area contributed by atoms with Crippen molar-refractivity contribution >= 4 is 23.2 Å². The molecule has 0 aromatic heterocycles. The molecule has 0 atom stereocenters. The van der Waals surface area contributed by atoms with Gasteiger partial charge in [-0.3, -0.25) is 9.59 Å². The summed E-state index contributed by atoms with van der Waals surface area (Å²) in [7, 11) is 0. The van der Waals surface area contributed by atoms with Crippen molar-refractivity contribution in [2.45, 2.75) is 33.2 Å². The molecule has 7 nitrogen and oxygen atoms in total. The Morgan fingerprint density at radius 1 is 1.04 bits per heavy atom. The van der Waals surface area contributed by atoms with Crippen LogP contribution in [0.5, 0.6) is 11.5 Å². The van der Waals surface area contributed by atoms with Crippen LogP contribution in [-0.4, -0.2) is 25.2 Å². The van der Waals surface area contributed by atoms with Crippen molar-refractivity contribution in [2.24, 2.45) is 0 Å². The zero-order valence-corrected chi connectivity index (χ0v) is 16.1. The number of ether oxygens (including phenoxy) is 2. The predicted octanol–water partition coefficient (Wildman–Crippen LogP) is 3.19. The first-order valence-electron chi connectivity index (χ1n) is 9.35. The Labute approximate surface area is 164 Å². The van der Waals surface area contributed by atoms with Gasteiger partial charge in [-0.15, -0.1) is 0 Å². The smallest absolute Gasteiger partial charge is 0.239 e. The van der Waals surface area contributed by atoms with Crippen molar-refractivity contribution in [1.29, 1.82) is 0 Å². The minimum atomic E-state index is -0.127. The molecule has 0 saturated carbocycles. The third kappa shape index (κ3) is 4.94. The van der Waals surface area contributed by atoms with E-state index >= 15 is 0 Å². The minimum absolute atomic E-state index is 0.00998. The minimum Gasteiger partial charge on any atom is -0.454 e. The van der Waals surface area contributed by atoms with Crippen LogP contribution in [0.1, 0.15) is 30.9 Å². The summed E-state index contributed by atoms with van der Waals surface area (Å²) in [6, 6.07) is 11.2. The molecule has 0 aliphatic carbocycles. The van der Waals surface area contributed by atoms with Crippen LogP contribution in [-0.2, 0) is 16.1 Å². The standard InChI is InChI=1S/C21H25N3O4/c1-3-5-20(25)24-17-7-4-6-16(14(17)2)22-12-21(26)23-11-15-8-9-18-19(10-15)28-13-27-18/h4,6-10,22H,3,5,11-13H2,1-2H3,(H,23,26)(H,24,25). The Morgan fingerprint density at radius 2 is 1.82 bits per heavy atom. The lowest BCUT2D eigenvalue weighted by atomic mass is 10.1. The van der Waals surface area contributed by atoms with E-state index in [9.17, 15) is 9.59 Å². The number of carbonyl (C=O) groups is 2. The Hall–Kier alpha value is -3.22. The van der Waals surface area contributed by atoms with Crippen LogP contribution in [0.25, 0.3) is 0 Å². The molecule has 148 valence electrons. The van der Waals surface area contributed by atoms with Crippen LogP contribution in [0.3, 0.4) is 0 Å². The van der Waals surface area contributed by atoms with E-state index in [2.05, 4.69) is 16.0 Å². The Kier molecular flexibility index (Phi) is 6.37. The summed E-state index contributed by atoms with van der Waals surface area (Å²) in [5.41, 5.74) is 3.40. The number of benzene rings is 2.